The Labute approximate surface area is 167 Å². The number of benzene rings is 2. The quantitative estimate of drug-likeness (QED) is 0.659. The summed E-state index contributed by atoms with van der Waals surface area (Å²) in [7, 11) is 0. The Bertz CT molecular complexity index is 785. The zero-order valence-electron chi connectivity index (χ0n) is 16.5. The normalized spacial score (nSPS) is 15.2. The minimum Gasteiger partial charge on any atom is -0.349 e. The van der Waals surface area contributed by atoms with E-state index in [1.165, 1.54) is 23.3 Å². The molecule has 0 aromatic heterocycles. The predicted molar refractivity (Wildman–Crippen MR) is 111 cm³/mol. The van der Waals surface area contributed by atoms with Crippen molar-refractivity contribution >= 4 is 17.5 Å². The van der Waals surface area contributed by atoms with Gasteiger partial charge >= 0.3 is 0 Å². The van der Waals surface area contributed by atoms with Crippen LogP contribution < -0.4 is 15.5 Å². The first-order valence-electron chi connectivity index (χ1n) is 10.2. The van der Waals surface area contributed by atoms with Crippen LogP contribution in [0, 0.1) is 0 Å². The molecule has 5 nitrogen and oxygen atoms in total. The smallest absolute Gasteiger partial charge is 0.279 e. The average molecular weight is 381 g/mol. The topological polar surface area (TPSA) is 62.6 Å². The van der Waals surface area contributed by atoms with Crippen LogP contribution in [0.25, 0.3) is 0 Å². The Morgan fingerprint density at radius 3 is 2.39 bits per heavy atom. The number of hydrogen-bond donors (Lipinski definition) is 3. The fourth-order valence-corrected chi connectivity index (χ4v) is 3.74. The molecule has 5 heteroatoms. The Morgan fingerprint density at radius 2 is 1.68 bits per heavy atom. The maximum atomic E-state index is 12.7. The predicted octanol–water partition coefficient (Wildman–Crippen LogP) is 2.40. The highest BCUT2D eigenvalue weighted by Crippen LogP contribution is 2.20. The zero-order chi connectivity index (χ0) is 19.8. The van der Waals surface area contributed by atoms with Gasteiger partial charge in [-0.1, -0.05) is 55.3 Å². The van der Waals surface area contributed by atoms with E-state index >= 15 is 0 Å². The third-order valence-corrected chi connectivity index (χ3v) is 5.34. The van der Waals surface area contributed by atoms with Crippen LogP contribution >= 0.6 is 0 Å². The van der Waals surface area contributed by atoms with Gasteiger partial charge in [0.25, 0.3) is 11.8 Å². The Balaban J connectivity index is 1.60. The number of anilines is 1. The zero-order valence-corrected chi connectivity index (χ0v) is 16.5. The molecule has 2 aromatic rings. The van der Waals surface area contributed by atoms with Crippen molar-refractivity contribution in [3.05, 3.63) is 65.7 Å². The summed E-state index contributed by atoms with van der Waals surface area (Å²) in [5, 5.41) is 6.04. The Hall–Kier alpha value is -2.66. The first-order chi connectivity index (χ1) is 13.7. The molecule has 2 amide bonds. The van der Waals surface area contributed by atoms with E-state index in [9.17, 15) is 9.59 Å². The fraction of sp³-hybridized carbons (Fsp3) is 0.391. The summed E-state index contributed by atoms with van der Waals surface area (Å²) >= 11 is 0. The van der Waals surface area contributed by atoms with E-state index in [0.29, 0.717) is 17.8 Å². The number of likely N-dealkylation sites (N-methyl/N-ethyl adjacent to an activating group) is 1. The molecular weight excluding hydrogens is 350 g/mol. The molecule has 1 atom stereocenters. The van der Waals surface area contributed by atoms with Gasteiger partial charge in [-0.3, -0.25) is 9.59 Å². The highest BCUT2D eigenvalue weighted by Gasteiger charge is 2.21. The average Bonchev–Trinajstić information content (AvgIpc) is 3.21. The molecular formula is C23H30N3O2+. The van der Waals surface area contributed by atoms with Gasteiger partial charge < -0.3 is 15.5 Å². The van der Waals surface area contributed by atoms with Crippen molar-refractivity contribution in [2.75, 3.05) is 18.4 Å². The number of carbonyl (C=O) groups excluding carboxylic acids is 2. The van der Waals surface area contributed by atoms with Crippen molar-refractivity contribution in [2.45, 2.75) is 45.2 Å². The van der Waals surface area contributed by atoms with Gasteiger partial charge in [-0.15, -0.1) is 0 Å². The molecule has 1 saturated carbocycles. The van der Waals surface area contributed by atoms with Crippen molar-refractivity contribution in [3.63, 3.8) is 0 Å². The van der Waals surface area contributed by atoms with Crippen LogP contribution in [0.5, 0.6) is 0 Å². The molecule has 2 aromatic carbocycles. The molecule has 1 aliphatic rings. The molecule has 1 aliphatic carbocycles. The summed E-state index contributed by atoms with van der Waals surface area (Å²) in [4.78, 5) is 26.5. The minimum absolute atomic E-state index is 0.0751. The summed E-state index contributed by atoms with van der Waals surface area (Å²) in [6, 6.07) is 17.7. The Morgan fingerprint density at radius 1 is 1.00 bits per heavy atom. The highest BCUT2D eigenvalue weighted by atomic mass is 16.2. The third kappa shape index (κ3) is 5.67. The number of rotatable bonds is 8. The molecule has 3 rings (SSSR count). The molecule has 0 saturated heterocycles. The van der Waals surface area contributed by atoms with Gasteiger partial charge in [0, 0.05) is 11.6 Å². The summed E-state index contributed by atoms with van der Waals surface area (Å²) < 4.78 is 0. The lowest BCUT2D eigenvalue weighted by atomic mass is 10.1. The fourth-order valence-electron chi connectivity index (χ4n) is 3.74. The van der Waals surface area contributed by atoms with Crippen LogP contribution in [0.4, 0.5) is 5.69 Å². The molecule has 0 spiro atoms. The maximum Gasteiger partial charge on any atom is 0.279 e. The second kappa shape index (κ2) is 10.0. The molecule has 3 N–H and O–H groups in total. The molecule has 1 unspecified atom stereocenters. The van der Waals surface area contributed by atoms with Gasteiger partial charge in [0.1, 0.15) is 6.54 Å². The molecule has 148 valence electrons. The standard InChI is InChI=1S/C23H29N3O2/c1-2-26(16-18-10-4-3-5-11-18)17-22(27)25-21-15-9-8-14-20(21)23(28)24-19-12-6-7-13-19/h3-5,8-11,14-15,19H,2,6-7,12-13,16-17H2,1H3,(H,24,28)(H,25,27)/p+1. The largest absolute Gasteiger partial charge is 0.349 e. The number of hydrogen-bond acceptors (Lipinski definition) is 2. The molecule has 0 aliphatic heterocycles. The van der Waals surface area contributed by atoms with Crippen LogP contribution in [0.15, 0.2) is 54.6 Å². The summed E-state index contributed by atoms with van der Waals surface area (Å²) in [6.45, 7) is 4.10. The van der Waals surface area contributed by atoms with E-state index in [0.717, 1.165) is 25.9 Å². The summed E-state index contributed by atoms with van der Waals surface area (Å²) in [5.74, 6) is -0.180. The van der Waals surface area contributed by atoms with Crippen molar-refractivity contribution in [1.29, 1.82) is 0 Å². The minimum atomic E-state index is -0.105. The Kier molecular flexibility index (Phi) is 7.20. The summed E-state index contributed by atoms with van der Waals surface area (Å²) in [6.07, 6.45) is 4.41. The first kappa shape index (κ1) is 20.1. The maximum absolute atomic E-state index is 12.7. The van der Waals surface area contributed by atoms with Crippen LogP contribution in [0.2, 0.25) is 0 Å². The van der Waals surface area contributed by atoms with E-state index in [-0.39, 0.29) is 17.9 Å². The highest BCUT2D eigenvalue weighted by molar-refractivity contribution is 6.04. The van der Waals surface area contributed by atoms with E-state index in [4.69, 9.17) is 0 Å². The van der Waals surface area contributed by atoms with Crippen LogP contribution in [0.3, 0.4) is 0 Å². The van der Waals surface area contributed by atoms with Crippen LogP contribution in [0.1, 0.15) is 48.5 Å². The van der Waals surface area contributed by atoms with Gasteiger partial charge in [0.15, 0.2) is 6.54 Å². The SMILES string of the molecule is CC[NH+](CC(=O)Nc1ccccc1C(=O)NC1CCCC1)Cc1ccccc1. The number of para-hydroxylation sites is 1. The lowest BCUT2D eigenvalue weighted by Crippen LogP contribution is -3.11. The van der Waals surface area contributed by atoms with Gasteiger partial charge in [-0.25, -0.2) is 0 Å². The van der Waals surface area contributed by atoms with Crippen molar-refractivity contribution in [3.8, 4) is 0 Å². The van der Waals surface area contributed by atoms with Crippen molar-refractivity contribution < 1.29 is 14.5 Å². The molecule has 0 bridgehead atoms. The van der Waals surface area contributed by atoms with E-state index in [1.54, 1.807) is 12.1 Å². The number of carbonyl (C=O) groups is 2. The third-order valence-electron chi connectivity index (χ3n) is 5.34. The van der Waals surface area contributed by atoms with Crippen LogP contribution in [-0.4, -0.2) is 30.9 Å². The van der Waals surface area contributed by atoms with Crippen molar-refractivity contribution in [2.24, 2.45) is 0 Å². The van der Waals surface area contributed by atoms with E-state index < -0.39 is 0 Å². The van der Waals surface area contributed by atoms with Gasteiger partial charge in [-0.05, 0) is 31.9 Å². The molecule has 0 heterocycles. The van der Waals surface area contributed by atoms with Crippen molar-refractivity contribution in [1.82, 2.24) is 5.32 Å². The molecule has 0 radical (unpaired) electrons. The van der Waals surface area contributed by atoms with Gasteiger partial charge in [-0.2, -0.15) is 0 Å². The van der Waals surface area contributed by atoms with Gasteiger partial charge in [0.2, 0.25) is 0 Å². The molecule has 1 fully saturated rings. The van der Waals surface area contributed by atoms with Gasteiger partial charge in [0.05, 0.1) is 17.8 Å². The lowest BCUT2D eigenvalue weighted by Gasteiger charge is -2.18. The number of quaternary nitrogens is 1. The second-order valence-corrected chi connectivity index (χ2v) is 7.49. The van der Waals surface area contributed by atoms with E-state index in [1.807, 2.05) is 30.3 Å². The molecule has 28 heavy (non-hydrogen) atoms. The monoisotopic (exact) mass is 380 g/mol. The van der Waals surface area contributed by atoms with Crippen LogP contribution in [-0.2, 0) is 11.3 Å². The van der Waals surface area contributed by atoms with E-state index in [2.05, 4.69) is 29.7 Å². The lowest BCUT2D eigenvalue weighted by molar-refractivity contribution is -0.903. The number of nitrogens with one attached hydrogen (secondary N) is 3. The summed E-state index contributed by atoms with van der Waals surface area (Å²) in [5.41, 5.74) is 2.32. The number of amides is 2. The second-order valence-electron chi connectivity index (χ2n) is 7.49. The first-order valence-corrected chi connectivity index (χ1v) is 10.2.